The first-order chi connectivity index (χ1) is 18.4. The Kier molecular flexibility index (Phi) is 8.13. The lowest BCUT2D eigenvalue weighted by molar-refractivity contribution is 0.0684. The van der Waals surface area contributed by atoms with Gasteiger partial charge in [0.05, 0.1) is 11.1 Å². The van der Waals surface area contributed by atoms with Gasteiger partial charge in [-0.25, -0.2) is 9.59 Å². The molecule has 4 N–H and O–H groups in total. The number of rotatable bonds is 10. The molecule has 2 amide bonds. The number of aromatic carboxylic acids is 2. The van der Waals surface area contributed by atoms with Crippen LogP contribution in [0.15, 0.2) is 84.9 Å². The molecular formula is C30H26N2O6. The third-order valence-electron chi connectivity index (χ3n) is 6.19. The highest BCUT2D eigenvalue weighted by Crippen LogP contribution is 2.30. The smallest absolute Gasteiger partial charge is 0.336 e. The Balaban J connectivity index is 1.69. The normalized spacial score (nSPS) is 10.6. The summed E-state index contributed by atoms with van der Waals surface area (Å²) in [7, 11) is 0. The Morgan fingerprint density at radius 3 is 1.18 bits per heavy atom. The van der Waals surface area contributed by atoms with Crippen molar-refractivity contribution >= 4 is 34.5 Å². The topological polar surface area (TPSA) is 133 Å². The molecule has 0 saturated carbocycles. The summed E-state index contributed by atoms with van der Waals surface area (Å²) >= 11 is 0. The maximum absolute atomic E-state index is 13.2. The van der Waals surface area contributed by atoms with Crippen LogP contribution in [0.2, 0.25) is 0 Å². The van der Waals surface area contributed by atoms with E-state index in [0.29, 0.717) is 12.8 Å². The second-order valence-corrected chi connectivity index (χ2v) is 8.66. The maximum Gasteiger partial charge on any atom is 0.336 e. The van der Waals surface area contributed by atoms with E-state index in [9.17, 15) is 29.4 Å². The highest BCUT2D eigenvalue weighted by molar-refractivity contribution is 6.23. The average Bonchev–Trinajstić information content (AvgIpc) is 2.92. The molecule has 0 fully saturated rings. The molecule has 0 heterocycles. The van der Waals surface area contributed by atoms with Gasteiger partial charge in [-0.1, -0.05) is 60.7 Å². The van der Waals surface area contributed by atoms with Gasteiger partial charge >= 0.3 is 11.9 Å². The van der Waals surface area contributed by atoms with Crippen molar-refractivity contribution in [1.29, 1.82) is 0 Å². The summed E-state index contributed by atoms with van der Waals surface area (Å²) in [5.41, 5.74) is 1.46. The Morgan fingerprint density at radius 1 is 0.500 bits per heavy atom. The Morgan fingerprint density at radius 2 is 0.842 bits per heavy atom. The summed E-state index contributed by atoms with van der Waals surface area (Å²) in [6.07, 6.45) is 1.11. The lowest BCUT2D eigenvalue weighted by Gasteiger charge is -2.16. The standard InChI is InChI=1S/C30H26N2O6/c33-27(31-17-15-19-7-3-1-4-8-19)21-11-12-22(28(34)32-18-16-20-9-5-2-6-10-20)26-24(30(37)38)14-13-23(25(21)26)29(35)36/h1-14H,15-18H2,(H,31,33)(H,32,34)(H,35,36)(H,37,38). The van der Waals surface area contributed by atoms with Crippen molar-refractivity contribution < 1.29 is 29.4 Å². The van der Waals surface area contributed by atoms with Crippen LogP contribution in [-0.2, 0) is 12.8 Å². The predicted octanol–water partition coefficient (Wildman–Crippen LogP) is 4.18. The summed E-state index contributed by atoms with van der Waals surface area (Å²) in [6, 6.07) is 24.1. The van der Waals surface area contributed by atoms with Crippen molar-refractivity contribution in [3.63, 3.8) is 0 Å². The van der Waals surface area contributed by atoms with Crippen LogP contribution in [0.1, 0.15) is 52.6 Å². The van der Waals surface area contributed by atoms with Crippen LogP contribution in [0.4, 0.5) is 0 Å². The van der Waals surface area contributed by atoms with Gasteiger partial charge in [-0.05, 0) is 48.2 Å². The van der Waals surface area contributed by atoms with Crippen molar-refractivity contribution in [2.45, 2.75) is 12.8 Å². The van der Waals surface area contributed by atoms with Crippen molar-refractivity contribution in [3.05, 3.63) is 118 Å². The molecule has 0 radical (unpaired) electrons. The monoisotopic (exact) mass is 510 g/mol. The second kappa shape index (κ2) is 11.8. The molecule has 8 nitrogen and oxygen atoms in total. The van der Waals surface area contributed by atoms with Gasteiger partial charge in [0.25, 0.3) is 11.8 Å². The van der Waals surface area contributed by atoms with Gasteiger partial charge in [-0.3, -0.25) is 9.59 Å². The Labute approximate surface area is 218 Å². The van der Waals surface area contributed by atoms with Crippen LogP contribution < -0.4 is 10.6 Å². The number of carboxylic acids is 2. The van der Waals surface area contributed by atoms with Gasteiger partial charge in [0.2, 0.25) is 0 Å². The van der Waals surface area contributed by atoms with E-state index in [1.54, 1.807) is 0 Å². The van der Waals surface area contributed by atoms with E-state index in [-0.39, 0.29) is 46.1 Å². The van der Waals surface area contributed by atoms with E-state index in [4.69, 9.17) is 0 Å². The SMILES string of the molecule is O=C(O)c1ccc(C(=O)O)c2c(C(=O)NCCc3ccccc3)ccc(C(=O)NCCc3ccccc3)c12. The van der Waals surface area contributed by atoms with E-state index >= 15 is 0 Å². The molecule has 38 heavy (non-hydrogen) atoms. The summed E-state index contributed by atoms with van der Waals surface area (Å²) in [5.74, 6) is -3.81. The lowest BCUT2D eigenvalue weighted by Crippen LogP contribution is -2.28. The molecule has 0 bridgehead atoms. The molecule has 0 saturated heterocycles. The summed E-state index contributed by atoms with van der Waals surface area (Å²) < 4.78 is 0. The van der Waals surface area contributed by atoms with Crippen molar-refractivity contribution in [2.75, 3.05) is 13.1 Å². The number of fused-ring (bicyclic) bond motifs is 1. The van der Waals surface area contributed by atoms with E-state index in [2.05, 4.69) is 10.6 Å². The van der Waals surface area contributed by atoms with Gasteiger partial charge in [-0.15, -0.1) is 0 Å². The third-order valence-corrected chi connectivity index (χ3v) is 6.19. The zero-order valence-electron chi connectivity index (χ0n) is 20.4. The van der Waals surface area contributed by atoms with Gasteiger partial charge in [-0.2, -0.15) is 0 Å². The molecule has 0 aliphatic rings. The number of hydrogen-bond donors (Lipinski definition) is 4. The number of carbonyl (C=O) groups is 4. The van der Waals surface area contributed by atoms with Crippen molar-refractivity contribution in [1.82, 2.24) is 10.6 Å². The van der Waals surface area contributed by atoms with E-state index in [1.165, 1.54) is 12.1 Å². The second-order valence-electron chi connectivity index (χ2n) is 8.66. The molecule has 4 aromatic rings. The molecule has 4 rings (SSSR count). The lowest BCUT2D eigenvalue weighted by atomic mass is 9.91. The fraction of sp³-hybridized carbons (Fsp3) is 0.133. The minimum atomic E-state index is -1.34. The van der Waals surface area contributed by atoms with Crippen LogP contribution in [0.3, 0.4) is 0 Å². The van der Waals surface area contributed by atoms with E-state index < -0.39 is 23.8 Å². The Bertz CT molecular complexity index is 1390. The minimum absolute atomic E-state index is 0.0191. The molecule has 8 heteroatoms. The molecule has 0 unspecified atom stereocenters. The van der Waals surface area contributed by atoms with Gasteiger partial charge in [0.15, 0.2) is 0 Å². The fourth-order valence-electron chi connectivity index (χ4n) is 4.35. The van der Waals surface area contributed by atoms with Crippen molar-refractivity contribution in [2.24, 2.45) is 0 Å². The van der Waals surface area contributed by atoms with Crippen LogP contribution >= 0.6 is 0 Å². The highest BCUT2D eigenvalue weighted by atomic mass is 16.4. The number of benzene rings is 4. The molecule has 0 aromatic heterocycles. The fourth-order valence-corrected chi connectivity index (χ4v) is 4.35. The van der Waals surface area contributed by atoms with Gasteiger partial charge < -0.3 is 20.8 Å². The van der Waals surface area contributed by atoms with Gasteiger partial charge in [0.1, 0.15) is 0 Å². The van der Waals surface area contributed by atoms with Gasteiger partial charge in [0, 0.05) is 35.0 Å². The first-order valence-corrected chi connectivity index (χ1v) is 12.1. The largest absolute Gasteiger partial charge is 0.478 e. The van der Waals surface area contributed by atoms with Crippen LogP contribution in [0.5, 0.6) is 0 Å². The number of carboxylic acid groups (broad SMARTS) is 2. The van der Waals surface area contributed by atoms with Crippen LogP contribution in [0, 0.1) is 0 Å². The Hall–Kier alpha value is -4.98. The summed E-state index contributed by atoms with van der Waals surface area (Å²) in [4.78, 5) is 50.5. The number of amides is 2. The maximum atomic E-state index is 13.2. The van der Waals surface area contributed by atoms with E-state index in [1.807, 2.05) is 60.7 Å². The zero-order valence-corrected chi connectivity index (χ0v) is 20.4. The third kappa shape index (κ3) is 5.87. The number of nitrogens with one attached hydrogen (secondary N) is 2. The predicted molar refractivity (Wildman–Crippen MR) is 143 cm³/mol. The molecule has 0 spiro atoms. The average molecular weight is 511 g/mol. The molecule has 4 aromatic carbocycles. The minimum Gasteiger partial charge on any atom is -0.478 e. The molecule has 0 aliphatic heterocycles. The van der Waals surface area contributed by atoms with Crippen LogP contribution in [-0.4, -0.2) is 47.1 Å². The van der Waals surface area contributed by atoms with Crippen LogP contribution in [0.25, 0.3) is 10.8 Å². The highest BCUT2D eigenvalue weighted by Gasteiger charge is 2.25. The van der Waals surface area contributed by atoms with E-state index in [0.717, 1.165) is 23.3 Å². The van der Waals surface area contributed by atoms with Crippen molar-refractivity contribution in [3.8, 4) is 0 Å². The first kappa shape index (κ1) is 26.1. The first-order valence-electron chi connectivity index (χ1n) is 12.1. The zero-order chi connectivity index (χ0) is 27.1. The summed E-state index contributed by atoms with van der Waals surface area (Å²) in [5, 5.41) is 25.1. The number of hydrogen-bond acceptors (Lipinski definition) is 4. The molecule has 0 aliphatic carbocycles. The quantitative estimate of drug-likeness (QED) is 0.253. The molecule has 0 atom stereocenters. The molecule has 192 valence electrons. The molecular weight excluding hydrogens is 484 g/mol. The number of carbonyl (C=O) groups excluding carboxylic acids is 2. The summed E-state index contributed by atoms with van der Waals surface area (Å²) in [6.45, 7) is 0.570.